The molecule has 0 aromatic heterocycles. The first-order valence-electron chi connectivity index (χ1n) is 8.92. The molecule has 3 aromatic carbocycles. The van der Waals surface area contributed by atoms with E-state index in [9.17, 15) is 15.4 Å². The number of halogens is 1. The van der Waals surface area contributed by atoms with Gasteiger partial charge in [-0.3, -0.25) is 10.1 Å². The summed E-state index contributed by atoms with van der Waals surface area (Å²) in [6.45, 7) is 0.232. The number of nitro benzene ring substituents is 1. The largest absolute Gasteiger partial charge is 0.493 e. The number of nitriles is 1. The van der Waals surface area contributed by atoms with Crippen LogP contribution in [0.1, 0.15) is 16.7 Å². The van der Waals surface area contributed by atoms with Gasteiger partial charge in [-0.2, -0.15) is 5.26 Å². The summed E-state index contributed by atoms with van der Waals surface area (Å²) in [6, 6.07) is 20.8. The minimum atomic E-state index is -0.446. The summed E-state index contributed by atoms with van der Waals surface area (Å²) in [4.78, 5) is 10.3. The zero-order valence-electron chi connectivity index (χ0n) is 16.0. The summed E-state index contributed by atoms with van der Waals surface area (Å²) in [6.07, 6.45) is 1.74. The Morgan fingerprint density at radius 1 is 1.13 bits per heavy atom. The molecule has 3 rings (SSSR count). The standard InChI is InChI=1S/C23H17ClN2O4/c1-29-23-12-17(11-19(14-25)18-3-2-4-20(24)13-18)7-10-22(23)30-15-16-5-8-21(9-6-16)26(27)28/h2-13H,15H2,1H3/b19-11-. The van der Waals surface area contributed by atoms with Gasteiger partial charge in [-0.05, 0) is 59.2 Å². The third-order valence-electron chi connectivity index (χ3n) is 4.30. The molecule has 150 valence electrons. The molecule has 0 spiro atoms. The summed E-state index contributed by atoms with van der Waals surface area (Å²) in [5.41, 5.74) is 2.78. The highest BCUT2D eigenvalue weighted by atomic mass is 35.5. The number of rotatable bonds is 7. The molecular formula is C23H17ClN2O4. The van der Waals surface area contributed by atoms with Crippen molar-refractivity contribution in [3.63, 3.8) is 0 Å². The van der Waals surface area contributed by atoms with Crippen molar-refractivity contribution < 1.29 is 14.4 Å². The molecular weight excluding hydrogens is 404 g/mol. The van der Waals surface area contributed by atoms with E-state index in [0.717, 1.165) is 16.7 Å². The highest BCUT2D eigenvalue weighted by Gasteiger charge is 2.09. The first-order valence-corrected chi connectivity index (χ1v) is 9.30. The Hall–Kier alpha value is -3.82. The first-order chi connectivity index (χ1) is 14.5. The van der Waals surface area contributed by atoms with E-state index in [1.807, 2.05) is 12.1 Å². The zero-order chi connectivity index (χ0) is 21.5. The molecule has 0 heterocycles. The van der Waals surface area contributed by atoms with Crippen LogP contribution in [0, 0.1) is 21.4 Å². The molecule has 0 aliphatic carbocycles. The zero-order valence-corrected chi connectivity index (χ0v) is 16.8. The van der Waals surface area contributed by atoms with Crippen LogP contribution >= 0.6 is 11.6 Å². The van der Waals surface area contributed by atoms with Gasteiger partial charge in [0, 0.05) is 17.2 Å². The Labute approximate surface area is 178 Å². The molecule has 0 N–H and O–H groups in total. The Morgan fingerprint density at radius 2 is 1.90 bits per heavy atom. The SMILES string of the molecule is COc1cc(/C=C(/C#N)c2cccc(Cl)c2)ccc1OCc1ccc([N+](=O)[O-])cc1. The van der Waals surface area contributed by atoms with Gasteiger partial charge in [0.1, 0.15) is 6.61 Å². The maximum atomic E-state index is 10.7. The van der Waals surface area contributed by atoms with Gasteiger partial charge >= 0.3 is 0 Å². The second kappa shape index (κ2) is 9.59. The van der Waals surface area contributed by atoms with E-state index in [1.165, 1.54) is 19.2 Å². The molecule has 30 heavy (non-hydrogen) atoms. The van der Waals surface area contributed by atoms with Gasteiger partial charge in [0.05, 0.1) is 23.7 Å². The van der Waals surface area contributed by atoms with E-state index in [-0.39, 0.29) is 12.3 Å². The summed E-state index contributed by atoms with van der Waals surface area (Å²) in [5, 5.41) is 20.8. The van der Waals surface area contributed by atoms with Crippen LogP contribution in [0.5, 0.6) is 11.5 Å². The van der Waals surface area contributed by atoms with Crippen LogP contribution < -0.4 is 9.47 Å². The van der Waals surface area contributed by atoms with Crippen LogP contribution in [0.15, 0.2) is 66.7 Å². The minimum absolute atomic E-state index is 0.0282. The summed E-state index contributed by atoms with van der Waals surface area (Å²) in [5.74, 6) is 1.03. The topological polar surface area (TPSA) is 85.4 Å². The molecule has 6 nitrogen and oxygen atoms in total. The molecule has 0 unspecified atom stereocenters. The number of hydrogen-bond donors (Lipinski definition) is 0. The predicted octanol–water partition coefficient (Wildman–Crippen LogP) is 5.90. The number of methoxy groups -OCH3 is 1. The molecule has 0 bridgehead atoms. The number of benzene rings is 3. The number of non-ortho nitro benzene ring substituents is 1. The molecule has 0 amide bonds. The van der Waals surface area contributed by atoms with Crippen molar-refractivity contribution in [1.29, 1.82) is 5.26 Å². The van der Waals surface area contributed by atoms with Crippen molar-refractivity contribution in [2.75, 3.05) is 7.11 Å². The lowest BCUT2D eigenvalue weighted by atomic mass is 10.0. The number of hydrogen-bond acceptors (Lipinski definition) is 5. The molecule has 3 aromatic rings. The highest BCUT2D eigenvalue weighted by Crippen LogP contribution is 2.31. The average Bonchev–Trinajstić information content (AvgIpc) is 2.76. The van der Waals surface area contributed by atoms with Gasteiger partial charge in [0.2, 0.25) is 0 Å². The van der Waals surface area contributed by atoms with Gasteiger partial charge in [0.25, 0.3) is 5.69 Å². The summed E-state index contributed by atoms with van der Waals surface area (Å²) in [7, 11) is 1.53. The molecule has 0 atom stereocenters. The smallest absolute Gasteiger partial charge is 0.269 e. The van der Waals surface area contributed by atoms with Crippen LogP contribution in [0.4, 0.5) is 5.69 Å². The molecule has 7 heteroatoms. The predicted molar refractivity (Wildman–Crippen MR) is 115 cm³/mol. The van der Waals surface area contributed by atoms with E-state index in [2.05, 4.69) is 6.07 Å². The van der Waals surface area contributed by atoms with E-state index in [4.69, 9.17) is 21.1 Å². The van der Waals surface area contributed by atoms with E-state index in [1.54, 1.807) is 48.5 Å². The fourth-order valence-electron chi connectivity index (χ4n) is 2.77. The summed E-state index contributed by atoms with van der Waals surface area (Å²) >= 11 is 6.02. The normalized spacial score (nSPS) is 10.9. The number of nitro groups is 1. The Kier molecular flexibility index (Phi) is 6.68. The van der Waals surface area contributed by atoms with Crippen molar-refractivity contribution in [3.8, 4) is 17.6 Å². The molecule has 0 aliphatic rings. The molecule has 0 aliphatic heterocycles. The lowest BCUT2D eigenvalue weighted by molar-refractivity contribution is -0.384. The van der Waals surface area contributed by atoms with E-state index >= 15 is 0 Å². The molecule has 0 fully saturated rings. The molecule has 0 radical (unpaired) electrons. The van der Waals surface area contributed by atoms with E-state index in [0.29, 0.717) is 22.1 Å². The summed E-state index contributed by atoms with van der Waals surface area (Å²) < 4.78 is 11.2. The Balaban J connectivity index is 1.79. The average molecular weight is 421 g/mol. The number of allylic oxidation sites excluding steroid dienone is 1. The van der Waals surface area contributed by atoms with Crippen LogP contribution in [0.2, 0.25) is 5.02 Å². The van der Waals surface area contributed by atoms with E-state index < -0.39 is 4.92 Å². The van der Waals surface area contributed by atoms with Crippen molar-refractivity contribution in [2.45, 2.75) is 6.61 Å². The first kappa shape index (κ1) is 20.9. The second-order valence-electron chi connectivity index (χ2n) is 6.30. The minimum Gasteiger partial charge on any atom is -0.493 e. The third-order valence-corrected chi connectivity index (χ3v) is 4.53. The van der Waals surface area contributed by atoms with Gasteiger partial charge in [-0.25, -0.2) is 0 Å². The maximum absolute atomic E-state index is 10.7. The van der Waals surface area contributed by atoms with Crippen molar-refractivity contribution in [2.24, 2.45) is 0 Å². The Bertz CT molecular complexity index is 1130. The number of ether oxygens (including phenoxy) is 2. The molecule has 0 saturated heterocycles. The van der Waals surface area contributed by atoms with Gasteiger partial charge in [-0.15, -0.1) is 0 Å². The third kappa shape index (κ3) is 5.16. The quantitative estimate of drug-likeness (QED) is 0.205. The lowest BCUT2D eigenvalue weighted by Crippen LogP contribution is -1.98. The highest BCUT2D eigenvalue weighted by molar-refractivity contribution is 6.30. The van der Waals surface area contributed by atoms with Gasteiger partial charge < -0.3 is 9.47 Å². The van der Waals surface area contributed by atoms with Crippen molar-refractivity contribution >= 4 is 28.9 Å². The van der Waals surface area contributed by atoms with Crippen LogP contribution in [0.3, 0.4) is 0 Å². The monoisotopic (exact) mass is 420 g/mol. The van der Waals surface area contributed by atoms with Crippen LogP contribution in [0.25, 0.3) is 11.6 Å². The van der Waals surface area contributed by atoms with Crippen molar-refractivity contribution in [3.05, 3.63) is 98.6 Å². The fourth-order valence-corrected chi connectivity index (χ4v) is 2.96. The Morgan fingerprint density at radius 3 is 2.53 bits per heavy atom. The second-order valence-corrected chi connectivity index (χ2v) is 6.74. The van der Waals surface area contributed by atoms with Crippen LogP contribution in [-0.4, -0.2) is 12.0 Å². The molecule has 0 saturated carbocycles. The lowest BCUT2D eigenvalue weighted by Gasteiger charge is -2.11. The fraction of sp³-hybridized carbons (Fsp3) is 0.0870. The van der Waals surface area contributed by atoms with Gasteiger partial charge in [-0.1, -0.05) is 29.8 Å². The number of nitrogens with zero attached hydrogens (tertiary/aromatic N) is 2. The van der Waals surface area contributed by atoms with Gasteiger partial charge in [0.15, 0.2) is 11.5 Å². The van der Waals surface area contributed by atoms with Crippen molar-refractivity contribution in [1.82, 2.24) is 0 Å². The maximum Gasteiger partial charge on any atom is 0.269 e. The van der Waals surface area contributed by atoms with Crippen LogP contribution in [-0.2, 0) is 6.61 Å².